The summed E-state index contributed by atoms with van der Waals surface area (Å²) in [5.41, 5.74) is 3.12. The highest BCUT2D eigenvalue weighted by atomic mass is 16.5. The Balaban J connectivity index is 1.39. The second-order valence-corrected chi connectivity index (χ2v) is 6.97. The predicted molar refractivity (Wildman–Crippen MR) is 117 cm³/mol. The van der Waals surface area contributed by atoms with Crippen molar-refractivity contribution in [2.75, 3.05) is 35.2 Å². The highest BCUT2D eigenvalue weighted by molar-refractivity contribution is 5.62. The summed E-state index contributed by atoms with van der Waals surface area (Å²) in [6.07, 6.45) is 5.50. The molecule has 150 valence electrons. The third-order valence-electron chi connectivity index (χ3n) is 4.84. The predicted octanol–water partition coefficient (Wildman–Crippen LogP) is 4.75. The van der Waals surface area contributed by atoms with Crippen molar-refractivity contribution in [3.63, 3.8) is 0 Å². The van der Waals surface area contributed by atoms with E-state index < -0.39 is 0 Å². The molecule has 1 aliphatic heterocycles. The van der Waals surface area contributed by atoms with Crippen molar-refractivity contribution in [1.29, 1.82) is 0 Å². The van der Waals surface area contributed by atoms with Crippen molar-refractivity contribution < 1.29 is 4.74 Å². The number of hydrogen-bond donors (Lipinski definition) is 2. The normalized spacial score (nSPS) is 13.8. The number of aromatic nitrogens is 3. The van der Waals surface area contributed by atoms with Crippen LogP contribution in [0, 0.1) is 0 Å². The van der Waals surface area contributed by atoms with Crippen LogP contribution in [-0.2, 0) is 0 Å². The van der Waals surface area contributed by atoms with Gasteiger partial charge in [0.15, 0.2) is 5.82 Å². The minimum atomic E-state index is 0.434. The minimum Gasteiger partial charge on any atom is -0.494 e. The fourth-order valence-corrected chi connectivity index (χ4v) is 3.40. The van der Waals surface area contributed by atoms with Crippen LogP contribution in [0.3, 0.4) is 0 Å². The van der Waals surface area contributed by atoms with Crippen molar-refractivity contribution in [3.8, 4) is 5.75 Å². The quantitative estimate of drug-likeness (QED) is 0.603. The highest BCUT2D eigenvalue weighted by Crippen LogP contribution is 2.24. The summed E-state index contributed by atoms with van der Waals surface area (Å²) in [5.74, 6) is 1.91. The first-order valence-corrected chi connectivity index (χ1v) is 10.1. The van der Waals surface area contributed by atoms with Gasteiger partial charge in [0.25, 0.3) is 0 Å². The molecule has 0 saturated carbocycles. The van der Waals surface area contributed by atoms with Gasteiger partial charge in [-0.2, -0.15) is 10.1 Å². The van der Waals surface area contributed by atoms with Crippen LogP contribution in [-0.4, -0.2) is 34.9 Å². The summed E-state index contributed by atoms with van der Waals surface area (Å²) in [6, 6.07) is 16.1. The first kappa shape index (κ1) is 19.0. The van der Waals surface area contributed by atoms with E-state index in [1.807, 2.05) is 31.2 Å². The first-order valence-electron chi connectivity index (χ1n) is 10.1. The molecule has 4 rings (SSSR count). The fourth-order valence-electron chi connectivity index (χ4n) is 3.40. The van der Waals surface area contributed by atoms with E-state index in [0.717, 1.165) is 30.2 Å². The standard InChI is InChI=1S/C22H26N6O/c1-2-29-20-12-8-18(9-13-20)25-22-26-21(16-23-27-22)24-17-6-10-19(11-7-17)28-14-4-3-5-15-28/h6-13,16H,2-5,14-15H2,1H3,(H2,24,25,26,27). The van der Waals surface area contributed by atoms with E-state index in [2.05, 4.69) is 55.0 Å². The smallest absolute Gasteiger partial charge is 0.249 e. The fraction of sp³-hybridized carbons (Fsp3) is 0.318. The molecular formula is C22H26N6O. The maximum atomic E-state index is 5.46. The monoisotopic (exact) mass is 390 g/mol. The third-order valence-corrected chi connectivity index (χ3v) is 4.84. The Morgan fingerprint density at radius 3 is 2.31 bits per heavy atom. The Labute approximate surface area is 171 Å². The Hall–Kier alpha value is -3.35. The molecule has 0 bridgehead atoms. The Bertz CT molecular complexity index is 907. The Kier molecular flexibility index (Phi) is 6.04. The van der Waals surface area contributed by atoms with Crippen LogP contribution in [0.1, 0.15) is 26.2 Å². The molecule has 29 heavy (non-hydrogen) atoms. The van der Waals surface area contributed by atoms with Gasteiger partial charge in [-0.1, -0.05) is 0 Å². The van der Waals surface area contributed by atoms with Gasteiger partial charge >= 0.3 is 0 Å². The number of benzene rings is 2. The van der Waals surface area contributed by atoms with Crippen LogP contribution in [0.2, 0.25) is 0 Å². The summed E-state index contributed by atoms with van der Waals surface area (Å²) >= 11 is 0. The number of anilines is 5. The SMILES string of the molecule is CCOc1ccc(Nc2nncc(Nc3ccc(N4CCCCC4)cc3)n2)cc1. The summed E-state index contributed by atoms with van der Waals surface area (Å²) < 4.78 is 5.46. The Morgan fingerprint density at radius 2 is 1.59 bits per heavy atom. The second-order valence-electron chi connectivity index (χ2n) is 6.97. The first-order chi connectivity index (χ1) is 14.3. The van der Waals surface area contributed by atoms with Gasteiger partial charge in [-0.25, -0.2) is 0 Å². The number of piperidine rings is 1. The Morgan fingerprint density at radius 1 is 0.897 bits per heavy atom. The molecule has 0 amide bonds. The van der Waals surface area contributed by atoms with Crippen LogP contribution < -0.4 is 20.3 Å². The molecule has 1 aliphatic rings. The molecule has 2 aromatic carbocycles. The largest absolute Gasteiger partial charge is 0.494 e. The number of hydrogen-bond acceptors (Lipinski definition) is 7. The van der Waals surface area contributed by atoms with Gasteiger partial charge in [0.05, 0.1) is 12.8 Å². The second kappa shape index (κ2) is 9.23. The van der Waals surface area contributed by atoms with Crippen molar-refractivity contribution in [2.45, 2.75) is 26.2 Å². The van der Waals surface area contributed by atoms with Gasteiger partial charge in [0.1, 0.15) is 5.75 Å². The zero-order chi connectivity index (χ0) is 19.9. The molecule has 1 saturated heterocycles. The van der Waals surface area contributed by atoms with Gasteiger partial charge in [-0.15, -0.1) is 5.10 Å². The zero-order valence-electron chi connectivity index (χ0n) is 16.6. The van der Waals surface area contributed by atoms with Crippen molar-refractivity contribution >= 4 is 28.8 Å². The van der Waals surface area contributed by atoms with Crippen LogP contribution in [0.5, 0.6) is 5.75 Å². The molecule has 7 heteroatoms. The lowest BCUT2D eigenvalue weighted by Gasteiger charge is -2.28. The van der Waals surface area contributed by atoms with Crippen molar-refractivity contribution in [2.24, 2.45) is 0 Å². The van der Waals surface area contributed by atoms with Crippen LogP contribution >= 0.6 is 0 Å². The molecule has 7 nitrogen and oxygen atoms in total. The van der Waals surface area contributed by atoms with Gasteiger partial charge in [-0.3, -0.25) is 0 Å². The van der Waals surface area contributed by atoms with Gasteiger partial charge in [0, 0.05) is 30.2 Å². The van der Waals surface area contributed by atoms with E-state index in [1.165, 1.54) is 24.9 Å². The van der Waals surface area contributed by atoms with Crippen LogP contribution in [0.4, 0.5) is 28.8 Å². The number of ether oxygens (including phenoxy) is 1. The third kappa shape index (κ3) is 5.13. The average Bonchev–Trinajstić information content (AvgIpc) is 2.77. The molecule has 0 unspecified atom stereocenters. The van der Waals surface area contributed by atoms with Gasteiger partial charge < -0.3 is 20.3 Å². The van der Waals surface area contributed by atoms with Crippen molar-refractivity contribution in [1.82, 2.24) is 15.2 Å². The van der Waals surface area contributed by atoms with E-state index in [9.17, 15) is 0 Å². The van der Waals surface area contributed by atoms with Gasteiger partial charge in [0.2, 0.25) is 5.95 Å². The summed E-state index contributed by atoms with van der Waals surface area (Å²) in [7, 11) is 0. The molecule has 0 radical (unpaired) electrons. The molecule has 1 aromatic heterocycles. The summed E-state index contributed by atoms with van der Waals surface area (Å²) in [6.45, 7) is 4.89. The summed E-state index contributed by atoms with van der Waals surface area (Å²) in [4.78, 5) is 6.94. The molecule has 2 N–H and O–H groups in total. The van der Waals surface area contributed by atoms with E-state index in [4.69, 9.17) is 4.74 Å². The number of rotatable bonds is 7. The van der Waals surface area contributed by atoms with Gasteiger partial charge in [-0.05, 0) is 74.7 Å². The molecule has 0 atom stereocenters. The lowest BCUT2D eigenvalue weighted by atomic mass is 10.1. The molecule has 0 aliphatic carbocycles. The molecule has 2 heterocycles. The lowest BCUT2D eigenvalue weighted by Crippen LogP contribution is -2.29. The number of nitrogens with one attached hydrogen (secondary N) is 2. The minimum absolute atomic E-state index is 0.434. The lowest BCUT2D eigenvalue weighted by molar-refractivity contribution is 0.340. The van der Waals surface area contributed by atoms with E-state index in [0.29, 0.717) is 18.4 Å². The maximum absolute atomic E-state index is 5.46. The van der Waals surface area contributed by atoms with E-state index in [1.54, 1.807) is 6.20 Å². The van der Waals surface area contributed by atoms with E-state index in [-0.39, 0.29) is 0 Å². The van der Waals surface area contributed by atoms with Crippen LogP contribution in [0.25, 0.3) is 0 Å². The molecule has 1 fully saturated rings. The molecule has 3 aromatic rings. The summed E-state index contributed by atoms with van der Waals surface area (Å²) in [5, 5.41) is 14.6. The van der Waals surface area contributed by atoms with Crippen molar-refractivity contribution in [3.05, 3.63) is 54.7 Å². The average molecular weight is 390 g/mol. The maximum Gasteiger partial charge on any atom is 0.249 e. The van der Waals surface area contributed by atoms with E-state index >= 15 is 0 Å². The topological polar surface area (TPSA) is 75.2 Å². The number of nitrogens with zero attached hydrogens (tertiary/aromatic N) is 4. The zero-order valence-corrected chi connectivity index (χ0v) is 16.6. The highest BCUT2D eigenvalue weighted by Gasteiger charge is 2.10. The molecule has 0 spiro atoms. The van der Waals surface area contributed by atoms with Crippen LogP contribution in [0.15, 0.2) is 54.7 Å². The molecular weight excluding hydrogens is 364 g/mol.